The highest BCUT2D eigenvalue weighted by Gasteiger charge is 2.20. The molecule has 0 aliphatic rings. The van der Waals surface area contributed by atoms with Gasteiger partial charge in [-0.1, -0.05) is 12.1 Å². The molecular formula is C22H24N4O4. The average Bonchev–Trinajstić information content (AvgIpc) is 2.75. The molecule has 1 aromatic heterocycles. The molecule has 3 aromatic rings. The maximum atomic E-state index is 13.1. The number of pyridine rings is 1. The van der Waals surface area contributed by atoms with E-state index in [0.29, 0.717) is 28.7 Å². The molecule has 1 amide bonds. The number of H-pyrrole nitrogens is 1. The van der Waals surface area contributed by atoms with Crippen LogP contribution in [0.4, 0.5) is 22.7 Å². The van der Waals surface area contributed by atoms with Crippen LogP contribution in [0.3, 0.4) is 0 Å². The number of fused-ring (bicyclic) bond motifs is 1. The lowest BCUT2D eigenvalue weighted by molar-refractivity contribution is -0.105. The lowest BCUT2D eigenvalue weighted by Gasteiger charge is -2.21. The van der Waals surface area contributed by atoms with Gasteiger partial charge < -0.3 is 25.3 Å². The molecule has 156 valence electrons. The van der Waals surface area contributed by atoms with Crippen LogP contribution < -0.4 is 21.0 Å². The highest BCUT2D eigenvalue weighted by atomic mass is 16.5. The van der Waals surface area contributed by atoms with E-state index >= 15 is 0 Å². The van der Waals surface area contributed by atoms with Crippen LogP contribution in [0.25, 0.3) is 10.9 Å². The minimum Gasteiger partial charge on any atom is -0.461 e. The Kier molecular flexibility index (Phi) is 6.36. The Hall–Kier alpha value is -3.81. The maximum absolute atomic E-state index is 13.1. The molecule has 0 radical (unpaired) electrons. The molecule has 0 fully saturated rings. The maximum Gasteiger partial charge on any atom is 0.357 e. The number of anilines is 4. The van der Waals surface area contributed by atoms with Crippen molar-refractivity contribution in [3.8, 4) is 0 Å². The summed E-state index contributed by atoms with van der Waals surface area (Å²) in [6, 6.07) is 12.3. The number of ether oxygens (including phenoxy) is 1. The van der Waals surface area contributed by atoms with E-state index in [-0.39, 0.29) is 23.4 Å². The Labute approximate surface area is 173 Å². The molecule has 0 saturated heterocycles. The van der Waals surface area contributed by atoms with Gasteiger partial charge >= 0.3 is 5.97 Å². The van der Waals surface area contributed by atoms with Crippen molar-refractivity contribution in [1.82, 2.24) is 4.98 Å². The van der Waals surface area contributed by atoms with Gasteiger partial charge in [0, 0.05) is 24.7 Å². The molecule has 8 nitrogen and oxygen atoms in total. The number of hydrogen-bond donors (Lipinski definition) is 3. The zero-order valence-corrected chi connectivity index (χ0v) is 17.1. The van der Waals surface area contributed by atoms with Crippen LogP contribution in [0.5, 0.6) is 0 Å². The van der Waals surface area contributed by atoms with Crippen LogP contribution in [-0.2, 0) is 9.53 Å². The summed E-state index contributed by atoms with van der Waals surface area (Å²) in [5.74, 6) is -0.628. The molecule has 0 aliphatic heterocycles. The first kappa shape index (κ1) is 20.9. The Morgan fingerprint density at radius 2 is 1.97 bits per heavy atom. The summed E-state index contributed by atoms with van der Waals surface area (Å²) >= 11 is 0. The number of esters is 1. The van der Waals surface area contributed by atoms with Gasteiger partial charge in [-0.05, 0) is 44.2 Å². The molecule has 0 aliphatic carbocycles. The predicted octanol–water partition coefficient (Wildman–Crippen LogP) is 3.47. The molecule has 0 unspecified atom stereocenters. The van der Waals surface area contributed by atoms with Crippen LogP contribution in [0.2, 0.25) is 0 Å². The van der Waals surface area contributed by atoms with E-state index in [1.165, 1.54) is 0 Å². The first-order valence-electron chi connectivity index (χ1n) is 9.64. The summed E-state index contributed by atoms with van der Waals surface area (Å²) in [5, 5.41) is 6.16. The second kappa shape index (κ2) is 9.13. The molecular weight excluding hydrogens is 384 g/mol. The summed E-state index contributed by atoms with van der Waals surface area (Å²) < 4.78 is 5.12. The number of para-hydroxylation sites is 1. The number of amides is 1. The Balaban J connectivity index is 2.12. The van der Waals surface area contributed by atoms with Gasteiger partial charge in [0.15, 0.2) is 5.69 Å². The number of benzene rings is 2. The normalized spacial score (nSPS) is 10.5. The first-order valence-corrected chi connectivity index (χ1v) is 9.64. The quantitative estimate of drug-likeness (QED) is 0.390. The van der Waals surface area contributed by atoms with Gasteiger partial charge in [0.05, 0.1) is 23.5 Å². The summed E-state index contributed by atoms with van der Waals surface area (Å²) in [5.41, 5.74) is 2.29. The van der Waals surface area contributed by atoms with E-state index in [1.807, 2.05) is 24.9 Å². The van der Waals surface area contributed by atoms with Gasteiger partial charge in [0.25, 0.3) is 0 Å². The molecule has 0 bridgehead atoms. The number of nitrogens with one attached hydrogen (secondary N) is 3. The third-order valence-corrected chi connectivity index (χ3v) is 4.75. The van der Waals surface area contributed by atoms with Crippen LogP contribution in [0.1, 0.15) is 24.3 Å². The molecule has 2 aromatic carbocycles. The van der Waals surface area contributed by atoms with Gasteiger partial charge in [-0.3, -0.25) is 9.59 Å². The average molecular weight is 408 g/mol. The van der Waals surface area contributed by atoms with E-state index < -0.39 is 5.97 Å². The van der Waals surface area contributed by atoms with E-state index in [0.717, 1.165) is 12.2 Å². The third-order valence-electron chi connectivity index (χ3n) is 4.75. The van der Waals surface area contributed by atoms with Crippen molar-refractivity contribution >= 4 is 46.0 Å². The van der Waals surface area contributed by atoms with E-state index in [4.69, 9.17) is 4.74 Å². The van der Waals surface area contributed by atoms with Gasteiger partial charge in [-0.15, -0.1) is 0 Å². The predicted molar refractivity (Wildman–Crippen MR) is 119 cm³/mol. The summed E-state index contributed by atoms with van der Waals surface area (Å²) in [4.78, 5) is 41.7. The highest BCUT2D eigenvalue weighted by Crippen LogP contribution is 2.30. The lowest BCUT2D eigenvalue weighted by atomic mass is 10.1. The number of aromatic amines is 1. The van der Waals surface area contributed by atoms with Crippen molar-refractivity contribution in [3.05, 3.63) is 58.4 Å². The molecule has 0 spiro atoms. The van der Waals surface area contributed by atoms with Crippen molar-refractivity contribution < 1.29 is 14.3 Å². The molecule has 8 heteroatoms. The van der Waals surface area contributed by atoms with Gasteiger partial charge in [-0.2, -0.15) is 0 Å². The van der Waals surface area contributed by atoms with Crippen LogP contribution in [0, 0.1) is 0 Å². The molecule has 0 saturated carbocycles. The SMILES string of the molecule is CCOC(=O)c1[nH]c2ccccc2c(=O)c1Nc1ccc(N(C)CC)c(NC=O)c1. The lowest BCUT2D eigenvalue weighted by Crippen LogP contribution is -2.19. The Bertz CT molecular complexity index is 1140. The molecule has 3 N–H and O–H groups in total. The van der Waals surface area contributed by atoms with Crippen LogP contribution in [0.15, 0.2) is 47.3 Å². The zero-order chi connectivity index (χ0) is 21.7. The molecule has 3 rings (SSSR count). The highest BCUT2D eigenvalue weighted by molar-refractivity contribution is 5.99. The monoisotopic (exact) mass is 408 g/mol. The van der Waals surface area contributed by atoms with Crippen molar-refractivity contribution in [2.75, 3.05) is 35.7 Å². The summed E-state index contributed by atoms with van der Waals surface area (Å²) in [6.45, 7) is 4.62. The van der Waals surface area contributed by atoms with Crippen molar-refractivity contribution in [3.63, 3.8) is 0 Å². The van der Waals surface area contributed by atoms with Gasteiger partial charge in [0.2, 0.25) is 11.8 Å². The van der Waals surface area contributed by atoms with Crippen molar-refractivity contribution in [2.45, 2.75) is 13.8 Å². The Morgan fingerprint density at radius 3 is 2.67 bits per heavy atom. The standard InChI is InChI=1S/C22H24N4O4/c1-4-26(3)18-11-10-14(12-17(18)23-13-27)24-19-20(22(29)30-5-2)25-16-9-7-6-8-15(16)21(19)28/h6-13,24H,4-5H2,1-3H3,(H,23,27)(H,25,28). The number of carbonyl (C=O) groups excluding carboxylic acids is 2. The topological polar surface area (TPSA) is 104 Å². The second-order valence-corrected chi connectivity index (χ2v) is 6.60. The fraction of sp³-hybridized carbons (Fsp3) is 0.227. The smallest absolute Gasteiger partial charge is 0.357 e. The largest absolute Gasteiger partial charge is 0.461 e. The molecule has 1 heterocycles. The number of carbonyl (C=O) groups is 2. The molecule has 30 heavy (non-hydrogen) atoms. The van der Waals surface area contributed by atoms with E-state index in [9.17, 15) is 14.4 Å². The van der Waals surface area contributed by atoms with Crippen molar-refractivity contribution in [2.24, 2.45) is 0 Å². The minimum absolute atomic E-state index is 0.0419. The second-order valence-electron chi connectivity index (χ2n) is 6.60. The number of rotatable bonds is 8. The van der Waals surface area contributed by atoms with Crippen molar-refractivity contribution in [1.29, 1.82) is 0 Å². The third kappa shape index (κ3) is 4.12. The fourth-order valence-electron chi connectivity index (χ4n) is 3.15. The first-order chi connectivity index (χ1) is 14.5. The van der Waals surface area contributed by atoms with Crippen LogP contribution >= 0.6 is 0 Å². The number of nitrogens with zero attached hydrogens (tertiary/aromatic N) is 1. The number of aromatic nitrogens is 1. The van der Waals surface area contributed by atoms with Gasteiger partial charge in [-0.25, -0.2) is 4.79 Å². The summed E-state index contributed by atoms with van der Waals surface area (Å²) in [7, 11) is 1.91. The fourth-order valence-corrected chi connectivity index (χ4v) is 3.15. The van der Waals surface area contributed by atoms with E-state index in [1.54, 1.807) is 43.3 Å². The minimum atomic E-state index is -0.628. The van der Waals surface area contributed by atoms with E-state index in [2.05, 4.69) is 15.6 Å². The zero-order valence-electron chi connectivity index (χ0n) is 17.1. The Morgan fingerprint density at radius 1 is 1.20 bits per heavy atom. The molecule has 0 atom stereocenters. The summed E-state index contributed by atoms with van der Waals surface area (Å²) in [6.07, 6.45) is 0.596. The van der Waals surface area contributed by atoms with Gasteiger partial charge in [0.1, 0.15) is 5.69 Å². The number of hydrogen-bond acceptors (Lipinski definition) is 6. The van der Waals surface area contributed by atoms with Crippen LogP contribution in [-0.4, -0.2) is 37.6 Å².